The summed E-state index contributed by atoms with van der Waals surface area (Å²) in [4.78, 5) is 14.4. The number of nitrogens with zero attached hydrogens (tertiary/aromatic N) is 1. The first-order valence-electron chi connectivity index (χ1n) is 8.15. The SMILES string of the molecule is CN(C(=O)/C=C/c1ccc2c(c1)OCO2)C1CCc2ccccc21. The van der Waals surface area contributed by atoms with Crippen molar-refractivity contribution in [3.05, 3.63) is 65.2 Å². The number of hydrogen-bond acceptors (Lipinski definition) is 3. The molecule has 1 amide bonds. The van der Waals surface area contributed by atoms with Crippen molar-refractivity contribution in [2.45, 2.75) is 18.9 Å². The van der Waals surface area contributed by atoms with E-state index in [9.17, 15) is 4.79 Å². The van der Waals surface area contributed by atoms with Crippen LogP contribution in [0, 0.1) is 0 Å². The molecule has 1 aliphatic heterocycles. The van der Waals surface area contributed by atoms with Gasteiger partial charge in [0.05, 0.1) is 6.04 Å². The van der Waals surface area contributed by atoms with Crippen molar-refractivity contribution in [1.29, 1.82) is 0 Å². The quantitative estimate of drug-likeness (QED) is 0.811. The third-order valence-corrected chi connectivity index (χ3v) is 4.73. The van der Waals surface area contributed by atoms with Crippen molar-refractivity contribution in [2.75, 3.05) is 13.8 Å². The van der Waals surface area contributed by atoms with Crippen molar-refractivity contribution >= 4 is 12.0 Å². The smallest absolute Gasteiger partial charge is 0.246 e. The molecule has 0 saturated heterocycles. The van der Waals surface area contributed by atoms with Crippen LogP contribution >= 0.6 is 0 Å². The molecule has 4 nitrogen and oxygen atoms in total. The second kappa shape index (κ2) is 6.04. The van der Waals surface area contributed by atoms with Gasteiger partial charge in [0.25, 0.3) is 0 Å². The number of carbonyl (C=O) groups excluding carboxylic acids is 1. The topological polar surface area (TPSA) is 38.8 Å². The average Bonchev–Trinajstić information content (AvgIpc) is 3.25. The number of carbonyl (C=O) groups is 1. The molecule has 4 heteroatoms. The first kappa shape index (κ1) is 14.8. The molecular formula is C20H19NO3. The number of benzene rings is 2. The summed E-state index contributed by atoms with van der Waals surface area (Å²) in [5.74, 6) is 1.48. The highest BCUT2D eigenvalue weighted by Crippen LogP contribution is 2.35. The predicted octanol–water partition coefficient (Wildman–Crippen LogP) is 3.57. The summed E-state index contributed by atoms with van der Waals surface area (Å²) in [5.41, 5.74) is 3.54. The van der Waals surface area contributed by atoms with Crippen LogP contribution in [-0.4, -0.2) is 24.6 Å². The Morgan fingerprint density at radius 2 is 2.00 bits per heavy atom. The lowest BCUT2D eigenvalue weighted by atomic mass is 10.1. The molecule has 0 N–H and O–H groups in total. The first-order valence-corrected chi connectivity index (χ1v) is 8.15. The second-order valence-electron chi connectivity index (χ2n) is 6.15. The standard InChI is InChI=1S/C20H19NO3/c1-21(17-9-8-15-4-2-3-5-16(15)17)20(22)11-7-14-6-10-18-19(12-14)24-13-23-18/h2-7,10-12,17H,8-9,13H2,1H3/b11-7+. The van der Waals surface area contributed by atoms with E-state index in [1.54, 1.807) is 6.08 Å². The van der Waals surface area contributed by atoms with Gasteiger partial charge in [0.2, 0.25) is 12.7 Å². The Balaban J connectivity index is 1.48. The Hall–Kier alpha value is -2.75. The molecule has 0 fully saturated rings. The van der Waals surface area contributed by atoms with E-state index in [0.717, 1.165) is 29.9 Å². The third-order valence-electron chi connectivity index (χ3n) is 4.73. The third kappa shape index (κ3) is 2.64. The lowest BCUT2D eigenvalue weighted by Gasteiger charge is -2.24. The molecule has 4 rings (SSSR count). The zero-order valence-electron chi connectivity index (χ0n) is 13.6. The molecule has 0 aromatic heterocycles. The lowest BCUT2D eigenvalue weighted by molar-refractivity contribution is -0.126. The fraction of sp³-hybridized carbons (Fsp3) is 0.250. The number of fused-ring (bicyclic) bond motifs is 2. The molecule has 2 aromatic rings. The van der Waals surface area contributed by atoms with E-state index in [1.165, 1.54) is 11.1 Å². The van der Waals surface area contributed by atoms with Gasteiger partial charge < -0.3 is 14.4 Å². The van der Waals surface area contributed by atoms with Crippen LogP contribution in [-0.2, 0) is 11.2 Å². The zero-order valence-corrected chi connectivity index (χ0v) is 13.6. The number of aryl methyl sites for hydroxylation is 1. The Kier molecular flexibility index (Phi) is 3.73. The zero-order chi connectivity index (χ0) is 16.5. The minimum atomic E-state index is 0.00868. The van der Waals surface area contributed by atoms with Crippen molar-refractivity contribution in [3.8, 4) is 11.5 Å². The normalized spacial score (nSPS) is 18.0. The minimum Gasteiger partial charge on any atom is -0.454 e. The maximum atomic E-state index is 12.5. The number of amides is 1. The average molecular weight is 321 g/mol. The molecule has 2 aromatic carbocycles. The van der Waals surface area contributed by atoms with Crippen LogP contribution in [0.3, 0.4) is 0 Å². The predicted molar refractivity (Wildman–Crippen MR) is 91.9 cm³/mol. The highest BCUT2D eigenvalue weighted by Gasteiger charge is 2.27. The highest BCUT2D eigenvalue weighted by atomic mass is 16.7. The summed E-state index contributed by atoms with van der Waals surface area (Å²) < 4.78 is 10.7. The molecule has 1 atom stereocenters. The Morgan fingerprint density at radius 1 is 1.17 bits per heavy atom. The van der Waals surface area contributed by atoms with E-state index < -0.39 is 0 Å². The van der Waals surface area contributed by atoms with Crippen LogP contribution in [0.25, 0.3) is 6.08 Å². The lowest BCUT2D eigenvalue weighted by Crippen LogP contribution is -2.28. The highest BCUT2D eigenvalue weighted by molar-refractivity contribution is 5.92. The van der Waals surface area contributed by atoms with Crippen LogP contribution in [0.1, 0.15) is 29.2 Å². The molecule has 1 aliphatic carbocycles. The molecule has 0 spiro atoms. The summed E-state index contributed by atoms with van der Waals surface area (Å²) in [5, 5.41) is 0. The van der Waals surface area contributed by atoms with Gasteiger partial charge in [0.1, 0.15) is 0 Å². The fourth-order valence-corrected chi connectivity index (χ4v) is 3.39. The van der Waals surface area contributed by atoms with Crippen molar-refractivity contribution < 1.29 is 14.3 Å². The van der Waals surface area contributed by atoms with Gasteiger partial charge in [-0.1, -0.05) is 30.3 Å². The Labute approximate surface area is 141 Å². The monoisotopic (exact) mass is 321 g/mol. The molecule has 2 aliphatic rings. The van der Waals surface area contributed by atoms with Crippen LogP contribution in [0.4, 0.5) is 0 Å². The molecule has 1 unspecified atom stereocenters. The Bertz CT molecular complexity index is 812. The summed E-state index contributed by atoms with van der Waals surface area (Å²) >= 11 is 0. The summed E-state index contributed by atoms with van der Waals surface area (Å²) in [6.07, 6.45) is 5.46. The van der Waals surface area contributed by atoms with Gasteiger partial charge in [-0.15, -0.1) is 0 Å². The van der Waals surface area contributed by atoms with E-state index in [0.29, 0.717) is 0 Å². The van der Waals surface area contributed by atoms with Crippen molar-refractivity contribution in [1.82, 2.24) is 4.90 Å². The molecule has 0 radical (unpaired) electrons. The maximum Gasteiger partial charge on any atom is 0.246 e. The molecule has 122 valence electrons. The van der Waals surface area contributed by atoms with E-state index in [-0.39, 0.29) is 18.7 Å². The first-order chi connectivity index (χ1) is 11.7. The van der Waals surface area contributed by atoms with E-state index in [2.05, 4.69) is 18.2 Å². The molecule has 0 bridgehead atoms. The summed E-state index contributed by atoms with van der Waals surface area (Å²) in [6.45, 7) is 0.255. The van der Waals surface area contributed by atoms with Gasteiger partial charge in [-0.05, 0) is 47.7 Å². The van der Waals surface area contributed by atoms with Crippen molar-refractivity contribution in [2.24, 2.45) is 0 Å². The summed E-state index contributed by atoms with van der Waals surface area (Å²) in [6, 6.07) is 14.2. The number of hydrogen-bond donors (Lipinski definition) is 0. The van der Waals surface area contributed by atoms with Gasteiger partial charge >= 0.3 is 0 Å². The van der Waals surface area contributed by atoms with Crippen molar-refractivity contribution in [3.63, 3.8) is 0 Å². The van der Waals surface area contributed by atoms with Gasteiger partial charge in [-0.25, -0.2) is 0 Å². The minimum absolute atomic E-state index is 0.00868. The summed E-state index contributed by atoms with van der Waals surface area (Å²) in [7, 11) is 1.87. The van der Waals surface area contributed by atoms with Gasteiger partial charge in [-0.3, -0.25) is 4.79 Å². The van der Waals surface area contributed by atoms with Gasteiger partial charge in [0, 0.05) is 13.1 Å². The molecule has 24 heavy (non-hydrogen) atoms. The molecule has 1 heterocycles. The largest absolute Gasteiger partial charge is 0.454 e. The van der Waals surface area contributed by atoms with Gasteiger partial charge in [-0.2, -0.15) is 0 Å². The maximum absolute atomic E-state index is 12.5. The van der Waals surface area contributed by atoms with Gasteiger partial charge in [0.15, 0.2) is 11.5 Å². The van der Waals surface area contributed by atoms with E-state index in [4.69, 9.17) is 9.47 Å². The number of ether oxygens (including phenoxy) is 2. The number of likely N-dealkylation sites (N-methyl/N-ethyl adjacent to an activating group) is 1. The van der Waals surface area contributed by atoms with Crippen LogP contribution in [0.2, 0.25) is 0 Å². The van der Waals surface area contributed by atoms with Crippen LogP contribution < -0.4 is 9.47 Å². The fourth-order valence-electron chi connectivity index (χ4n) is 3.39. The van der Waals surface area contributed by atoms with Crippen LogP contribution in [0.5, 0.6) is 11.5 Å². The van der Waals surface area contributed by atoms with E-state index in [1.807, 2.05) is 42.3 Å². The molecule has 0 saturated carbocycles. The molecular weight excluding hydrogens is 302 g/mol. The van der Waals surface area contributed by atoms with Crippen LogP contribution in [0.15, 0.2) is 48.5 Å². The second-order valence-corrected chi connectivity index (χ2v) is 6.15. The van der Waals surface area contributed by atoms with E-state index >= 15 is 0 Å². The number of rotatable bonds is 3. The Morgan fingerprint density at radius 3 is 2.92 bits per heavy atom.